The van der Waals surface area contributed by atoms with Gasteiger partial charge in [0.05, 0.1) is 10.8 Å². The Labute approximate surface area is 134 Å². The number of hydrogen-bond acceptors (Lipinski definition) is 5. The minimum absolute atomic E-state index is 0.242. The molecule has 2 aromatic carbocycles. The van der Waals surface area contributed by atoms with Crippen LogP contribution in [0.5, 0.6) is 0 Å². The SMILES string of the molecule is Cc1cccc(-n2nc([N+](=O)[O-])c(=Nc3ccc(F)cc3)n2O)c1. The van der Waals surface area contributed by atoms with Gasteiger partial charge in [-0.1, -0.05) is 17.0 Å². The Morgan fingerprint density at radius 1 is 1.25 bits per heavy atom. The molecule has 9 heteroatoms. The maximum absolute atomic E-state index is 13.0. The summed E-state index contributed by atoms with van der Waals surface area (Å²) in [5, 5.41) is 25.3. The van der Waals surface area contributed by atoms with Gasteiger partial charge in [-0.15, -0.1) is 0 Å². The molecule has 3 rings (SSSR count). The molecule has 122 valence electrons. The van der Waals surface area contributed by atoms with Crippen molar-refractivity contribution in [2.24, 2.45) is 4.99 Å². The Kier molecular flexibility index (Phi) is 3.82. The number of benzene rings is 2. The average molecular weight is 329 g/mol. The van der Waals surface area contributed by atoms with Gasteiger partial charge in [0.2, 0.25) is 0 Å². The van der Waals surface area contributed by atoms with E-state index < -0.39 is 16.6 Å². The van der Waals surface area contributed by atoms with Crippen LogP contribution < -0.4 is 5.49 Å². The highest BCUT2D eigenvalue weighted by atomic mass is 19.1. The third-order valence-corrected chi connectivity index (χ3v) is 3.23. The second-order valence-electron chi connectivity index (χ2n) is 5.01. The summed E-state index contributed by atoms with van der Waals surface area (Å²) in [5.41, 5.74) is 1.20. The fourth-order valence-electron chi connectivity index (χ4n) is 2.13. The molecule has 0 aliphatic carbocycles. The largest absolute Gasteiger partial charge is 0.438 e. The maximum atomic E-state index is 13.0. The van der Waals surface area contributed by atoms with Crippen LogP contribution in [0.4, 0.5) is 15.9 Å². The van der Waals surface area contributed by atoms with Crippen molar-refractivity contribution in [1.29, 1.82) is 0 Å². The average Bonchev–Trinajstić information content (AvgIpc) is 2.87. The van der Waals surface area contributed by atoms with E-state index in [2.05, 4.69) is 10.1 Å². The first-order chi connectivity index (χ1) is 11.5. The molecular formula is C15H12FN5O3. The van der Waals surface area contributed by atoms with Gasteiger partial charge in [0.15, 0.2) is 0 Å². The van der Waals surface area contributed by atoms with E-state index in [1.54, 1.807) is 18.2 Å². The topological polar surface area (TPSA) is 98.5 Å². The number of nitrogens with zero attached hydrogens (tertiary/aromatic N) is 5. The normalized spacial score (nSPS) is 11.7. The van der Waals surface area contributed by atoms with Gasteiger partial charge in [-0.3, -0.25) is 0 Å². The molecule has 0 aliphatic rings. The Morgan fingerprint density at radius 2 is 1.96 bits per heavy atom. The van der Waals surface area contributed by atoms with Gasteiger partial charge in [-0.2, -0.15) is 0 Å². The zero-order valence-corrected chi connectivity index (χ0v) is 12.5. The van der Waals surface area contributed by atoms with Crippen LogP contribution in [-0.2, 0) is 0 Å². The second-order valence-corrected chi connectivity index (χ2v) is 5.01. The number of nitro groups is 1. The van der Waals surface area contributed by atoms with Gasteiger partial charge in [0.1, 0.15) is 11.5 Å². The van der Waals surface area contributed by atoms with Crippen molar-refractivity contribution in [3.05, 3.63) is 75.5 Å². The lowest BCUT2D eigenvalue weighted by Crippen LogP contribution is -2.22. The van der Waals surface area contributed by atoms with E-state index >= 15 is 0 Å². The third-order valence-electron chi connectivity index (χ3n) is 3.23. The summed E-state index contributed by atoms with van der Waals surface area (Å²) < 4.78 is 13.0. The monoisotopic (exact) mass is 329 g/mol. The number of aryl methyl sites for hydroxylation is 1. The summed E-state index contributed by atoms with van der Waals surface area (Å²) >= 11 is 0. The van der Waals surface area contributed by atoms with Crippen LogP contribution in [-0.4, -0.2) is 24.9 Å². The van der Waals surface area contributed by atoms with Gasteiger partial charge in [0.25, 0.3) is 5.49 Å². The van der Waals surface area contributed by atoms with Crippen molar-refractivity contribution in [2.75, 3.05) is 0 Å². The third kappa shape index (κ3) is 2.86. The van der Waals surface area contributed by atoms with Crippen molar-refractivity contribution in [2.45, 2.75) is 6.92 Å². The van der Waals surface area contributed by atoms with E-state index in [0.29, 0.717) is 10.5 Å². The molecule has 0 saturated carbocycles. The van der Waals surface area contributed by atoms with E-state index in [1.165, 1.54) is 12.1 Å². The van der Waals surface area contributed by atoms with Gasteiger partial charge in [-0.05, 0) is 58.6 Å². The van der Waals surface area contributed by atoms with E-state index in [9.17, 15) is 19.7 Å². The standard InChI is InChI=1S/C15H12FN5O3/c1-10-3-2-4-13(9-10)19-18-15(21(23)24)14(20(19)22)17-12-7-5-11(16)6-8-12/h2-9,22H,1H3. The van der Waals surface area contributed by atoms with Gasteiger partial charge < -0.3 is 15.3 Å². The van der Waals surface area contributed by atoms with Crippen molar-refractivity contribution in [3.8, 4) is 5.69 Å². The minimum Gasteiger partial charge on any atom is -0.409 e. The predicted octanol–water partition coefficient (Wildman–Crippen LogP) is 2.50. The fraction of sp³-hybridized carbons (Fsp3) is 0.0667. The fourth-order valence-corrected chi connectivity index (χ4v) is 2.13. The Hall–Kier alpha value is -3.49. The van der Waals surface area contributed by atoms with Crippen LogP contribution in [0.1, 0.15) is 5.56 Å². The number of halogens is 1. The van der Waals surface area contributed by atoms with Crippen LogP contribution >= 0.6 is 0 Å². The summed E-state index contributed by atoms with van der Waals surface area (Å²) in [6.07, 6.45) is 0. The summed E-state index contributed by atoms with van der Waals surface area (Å²) in [6, 6.07) is 11.9. The molecular weight excluding hydrogens is 317 g/mol. The zero-order valence-electron chi connectivity index (χ0n) is 12.5. The highest BCUT2D eigenvalue weighted by Crippen LogP contribution is 2.14. The first kappa shape index (κ1) is 15.4. The molecule has 0 unspecified atom stereocenters. The van der Waals surface area contributed by atoms with Crippen molar-refractivity contribution >= 4 is 11.5 Å². The smallest absolute Gasteiger partial charge is 0.409 e. The van der Waals surface area contributed by atoms with Crippen LogP contribution in [0.3, 0.4) is 0 Å². The van der Waals surface area contributed by atoms with Crippen LogP contribution in [0.25, 0.3) is 5.69 Å². The molecule has 0 fully saturated rings. The molecule has 3 aromatic rings. The van der Waals surface area contributed by atoms with Crippen LogP contribution in [0.2, 0.25) is 0 Å². The molecule has 0 spiro atoms. The molecule has 0 radical (unpaired) electrons. The number of hydrogen-bond donors (Lipinski definition) is 1. The van der Waals surface area contributed by atoms with E-state index in [1.807, 2.05) is 13.0 Å². The zero-order chi connectivity index (χ0) is 17.3. The summed E-state index contributed by atoms with van der Waals surface area (Å²) in [7, 11) is 0. The minimum atomic E-state index is -0.749. The van der Waals surface area contributed by atoms with Crippen LogP contribution in [0.15, 0.2) is 53.5 Å². The first-order valence-corrected chi connectivity index (χ1v) is 6.89. The summed E-state index contributed by atoms with van der Waals surface area (Å²) in [5.74, 6) is -1.08. The van der Waals surface area contributed by atoms with Crippen molar-refractivity contribution in [1.82, 2.24) is 14.7 Å². The van der Waals surface area contributed by atoms with E-state index in [0.717, 1.165) is 22.5 Å². The quantitative estimate of drug-likeness (QED) is 0.453. The molecule has 0 atom stereocenters. The molecule has 0 amide bonds. The highest BCUT2D eigenvalue weighted by Gasteiger charge is 2.24. The molecule has 1 N–H and O–H groups in total. The molecule has 8 nitrogen and oxygen atoms in total. The number of rotatable bonds is 3. The molecule has 0 aliphatic heterocycles. The van der Waals surface area contributed by atoms with Gasteiger partial charge >= 0.3 is 5.82 Å². The Bertz CT molecular complexity index is 976. The van der Waals surface area contributed by atoms with E-state index in [4.69, 9.17) is 0 Å². The molecule has 1 heterocycles. The Morgan fingerprint density at radius 3 is 2.58 bits per heavy atom. The lowest BCUT2D eigenvalue weighted by atomic mass is 10.2. The molecule has 24 heavy (non-hydrogen) atoms. The summed E-state index contributed by atoms with van der Waals surface area (Å²) in [6.45, 7) is 1.84. The van der Waals surface area contributed by atoms with Gasteiger partial charge in [-0.25, -0.2) is 9.38 Å². The first-order valence-electron chi connectivity index (χ1n) is 6.89. The highest BCUT2D eigenvalue weighted by molar-refractivity contribution is 5.38. The van der Waals surface area contributed by atoms with Crippen LogP contribution in [0, 0.1) is 22.9 Å². The Balaban J connectivity index is 2.22. The van der Waals surface area contributed by atoms with Crippen molar-refractivity contribution in [3.63, 3.8) is 0 Å². The predicted molar refractivity (Wildman–Crippen MR) is 81.8 cm³/mol. The molecule has 0 bridgehead atoms. The van der Waals surface area contributed by atoms with Crippen molar-refractivity contribution < 1.29 is 14.5 Å². The number of aromatic nitrogens is 3. The molecule has 0 saturated heterocycles. The lowest BCUT2D eigenvalue weighted by molar-refractivity contribution is -0.391. The summed E-state index contributed by atoms with van der Waals surface area (Å²) in [4.78, 5) is 15.9. The molecule has 1 aromatic heterocycles. The maximum Gasteiger partial charge on any atom is 0.438 e. The lowest BCUT2D eigenvalue weighted by Gasteiger charge is -2.00. The van der Waals surface area contributed by atoms with E-state index in [-0.39, 0.29) is 11.2 Å². The second kappa shape index (κ2) is 5.95. The van der Waals surface area contributed by atoms with Gasteiger partial charge in [0, 0.05) is 0 Å².